The van der Waals surface area contributed by atoms with E-state index in [4.69, 9.17) is 4.74 Å². The number of aliphatic hydroxyl groups is 1. The number of nitriles is 1. The number of benzene rings is 1. The van der Waals surface area contributed by atoms with Gasteiger partial charge in [-0.15, -0.1) is 0 Å². The van der Waals surface area contributed by atoms with Crippen LogP contribution in [0.1, 0.15) is 43.8 Å². The Hall–Kier alpha value is -2.39. The van der Waals surface area contributed by atoms with E-state index in [1.165, 1.54) is 0 Å². The van der Waals surface area contributed by atoms with Crippen molar-refractivity contribution in [2.45, 2.75) is 43.7 Å². The Bertz CT molecular complexity index is 588. The van der Waals surface area contributed by atoms with Gasteiger partial charge in [0.15, 0.2) is 12.7 Å². The summed E-state index contributed by atoms with van der Waals surface area (Å²) in [5.41, 5.74) is -0.460. The molecule has 23 heavy (non-hydrogen) atoms. The van der Waals surface area contributed by atoms with Gasteiger partial charge in [-0.1, -0.05) is 49.6 Å². The van der Waals surface area contributed by atoms with Crippen molar-refractivity contribution in [2.75, 3.05) is 6.61 Å². The number of hydrogen-bond donors (Lipinski definition) is 2. The van der Waals surface area contributed by atoms with Gasteiger partial charge in [0.05, 0.1) is 6.07 Å². The van der Waals surface area contributed by atoms with Gasteiger partial charge in [-0.2, -0.15) is 5.26 Å². The minimum Gasteiger partial charge on any atom is -0.453 e. The van der Waals surface area contributed by atoms with Crippen molar-refractivity contribution in [3.63, 3.8) is 0 Å². The monoisotopic (exact) mass is 316 g/mol. The molecule has 0 heterocycles. The molecule has 122 valence electrons. The lowest BCUT2D eigenvalue weighted by atomic mass is 9.83. The van der Waals surface area contributed by atoms with Crippen molar-refractivity contribution in [1.82, 2.24) is 5.32 Å². The summed E-state index contributed by atoms with van der Waals surface area (Å²) in [6.07, 6.45) is 2.62. The van der Waals surface area contributed by atoms with Gasteiger partial charge in [0.25, 0.3) is 5.91 Å². The van der Waals surface area contributed by atoms with Crippen LogP contribution in [0.5, 0.6) is 0 Å². The maximum absolute atomic E-state index is 11.9. The number of nitrogens with zero attached hydrogens (tertiary/aromatic N) is 1. The molecule has 1 saturated carbocycles. The molecule has 0 aromatic heterocycles. The van der Waals surface area contributed by atoms with Crippen molar-refractivity contribution >= 4 is 11.9 Å². The van der Waals surface area contributed by atoms with Gasteiger partial charge in [0.1, 0.15) is 5.54 Å². The molecule has 1 fully saturated rings. The van der Waals surface area contributed by atoms with E-state index in [9.17, 15) is 20.0 Å². The Morgan fingerprint density at radius 3 is 2.52 bits per heavy atom. The number of aliphatic hydroxyl groups excluding tert-OH is 1. The van der Waals surface area contributed by atoms with Crippen LogP contribution in [0.3, 0.4) is 0 Å². The fourth-order valence-corrected chi connectivity index (χ4v) is 2.71. The summed E-state index contributed by atoms with van der Waals surface area (Å²) in [6, 6.07) is 10.5. The second kappa shape index (κ2) is 7.75. The summed E-state index contributed by atoms with van der Waals surface area (Å²) >= 11 is 0. The third kappa shape index (κ3) is 4.54. The molecule has 0 aliphatic heterocycles. The van der Waals surface area contributed by atoms with Crippen LogP contribution in [0.15, 0.2) is 30.3 Å². The second-order valence-corrected chi connectivity index (χ2v) is 5.72. The van der Waals surface area contributed by atoms with E-state index in [0.29, 0.717) is 18.4 Å². The average molecular weight is 316 g/mol. The first-order valence-electron chi connectivity index (χ1n) is 7.68. The van der Waals surface area contributed by atoms with E-state index in [1.54, 1.807) is 30.3 Å². The highest BCUT2D eigenvalue weighted by Crippen LogP contribution is 2.27. The maximum atomic E-state index is 11.9. The summed E-state index contributed by atoms with van der Waals surface area (Å²) in [7, 11) is 0. The predicted molar refractivity (Wildman–Crippen MR) is 81.9 cm³/mol. The summed E-state index contributed by atoms with van der Waals surface area (Å²) in [4.78, 5) is 23.7. The molecule has 1 aliphatic rings. The summed E-state index contributed by atoms with van der Waals surface area (Å²) in [6.45, 7) is -0.508. The van der Waals surface area contributed by atoms with Gasteiger partial charge in [0, 0.05) is 0 Å². The van der Waals surface area contributed by atoms with Gasteiger partial charge in [-0.3, -0.25) is 4.79 Å². The van der Waals surface area contributed by atoms with Gasteiger partial charge < -0.3 is 15.2 Å². The smallest absolute Gasteiger partial charge is 0.340 e. The molecule has 1 aromatic rings. The Morgan fingerprint density at radius 1 is 1.26 bits per heavy atom. The molecule has 0 saturated heterocycles. The molecule has 1 aromatic carbocycles. The van der Waals surface area contributed by atoms with Gasteiger partial charge in [-0.05, 0) is 18.4 Å². The number of carbonyl (C=O) groups is 2. The number of nitrogens with one attached hydrogen (secondary N) is 1. The molecule has 6 heteroatoms. The highest BCUT2D eigenvalue weighted by Gasteiger charge is 2.33. The molecular weight excluding hydrogens is 296 g/mol. The number of ether oxygens (including phenoxy) is 1. The SMILES string of the molecule is N#CC1(NC(=O)COC(=O)[C@@H](O)c2ccccc2)CCCCC1. The molecule has 1 aliphatic carbocycles. The number of hydrogen-bond acceptors (Lipinski definition) is 5. The maximum Gasteiger partial charge on any atom is 0.340 e. The molecule has 6 nitrogen and oxygen atoms in total. The summed E-state index contributed by atoms with van der Waals surface area (Å²) in [5, 5.41) is 21.8. The predicted octanol–water partition coefficient (Wildman–Crippen LogP) is 1.61. The third-order valence-electron chi connectivity index (χ3n) is 3.98. The lowest BCUT2D eigenvalue weighted by molar-refractivity contribution is -0.157. The first kappa shape index (κ1) is 17.0. The van der Waals surface area contributed by atoms with Crippen LogP contribution in [0.2, 0.25) is 0 Å². The fourth-order valence-electron chi connectivity index (χ4n) is 2.71. The van der Waals surface area contributed by atoms with Crippen LogP contribution in [-0.4, -0.2) is 29.1 Å². The van der Waals surface area contributed by atoms with Crippen LogP contribution in [0.25, 0.3) is 0 Å². The number of carbonyl (C=O) groups excluding carboxylic acids is 2. The van der Waals surface area contributed by atoms with Crippen LogP contribution in [0, 0.1) is 11.3 Å². The van der Waals surface area contributed by atoms with Crippen LogP contribution >= 0.6 is 0 Å². The zero-order chi connectivity index (χ0) is 16.7. The van der Waals surface area contributed by atoms with E-state index < -0.39 is 30.1 Å². The number of esters is 1. The van der Waals surface area contributed by atoms with Crippen molar-refractivity contribution in [2.24, 2.45) is 0 Å². The van der Waals surface area contributed by atoms with E-state index >= 15 is 0 Å². The van der Waals surface area contributed by atoms with Gasteiger partial charge in [0.2, 0.25) is 0 Å². The average Bonchev–Trinajstić information content (AvgIpc) is 2.60. The summed E-state index contributed by atoms with van der Waals surface area (Å²) < 4.78 is 4.84. The lowest BCUT2D eigenvalue weighted by Gasteiger charge is -2.31. The molecule has 0 radical (unpaired) electrons. The molecule has 1 amide bonds. The highest BCUT2D eigenvalue weighted by molar-refractivity contribution is 5.83. The zero-order valence-corrected chi connectivity index (χ0v) is 12.8. The van der Waals surface area contributed by atoms with E-state index in [2.05, 4.69) is 11.4 Å². The normalized spacial score (nSPS) is 17.6. The van der Waals surface area contributed by atoms with Crippen molar-refractivity contribution in [3.8, 4) is 6.07 Å². The lowest BCUT2D eigenvalue weighted by Crippen LogP contribution is -2.50. The molecule has 0 unspecified atom stereocenters. The molecular formula is C17H20N2O4. The van der Waals surface area contributed by atoms with E-state index in [1.807, 2.05) is 0 Å². The number of rotatable bonds is 5. The topological polar surface area (TPSA) is 99.4 Å². The molecule has 1 atom stereocenters. The fraction of sp³-hybridized carbons (Fsp3) is 0.471. The van der Waals surface area contributed by atoms with E-state index in [0.717, 1.165) is 19.3 Å². The van der Waals surface area contributed by atoms with Gasteiger partial charge >= 0.3 is 5.97 Å². The Balaban J connectivity index is 1.84. The molecule has 2 rings (SSSR count). The van der Waals surface area contributed by atoms with Crippen molar-refractivity contribution in [3.05, 3.63) is 35.9 Å². The van der Waals surface area contributed by atoms with Gasteiger partial charge in [-0.25, -0.2) is 4.79 Å². The standard InChI is InChI=1S/C17H20N2O4/c18-12-17(9-5-2-6-10-17)19-14(20)11-23-16(22)15(21)13-7-3-1-4-8-13/h1,3-4,7-8,15,21H,2,5-6,9-11H2,(H,19,20)/t15-/m0/s1. The molecule has 0 bridgehead atoms. The van der Waals surface area contributed by atoms with E-state index in [-0.39, 0.29) is 0 Å². The zero-order valence-electron chi connectivity index (χ0n) is 12.8. The minimum absolute atomic E-state index is 0.402. The van der Waals surface area contributed by atoms with Crippen molar-refractivity contribution in [1.29, 1.82) is 5.26 Å². The number of amides is 1. The Labute approximate surface area is 135 Å². The second-order valence-electron chi connectivity index (χ2n) is 5.72. The van der Waals surface area contributed by atoms with Crippen LogP contribution in [0.4, 0.5) is 0 Å². The highest BCUT2D eigenvalue weighted by atomic mass is 16.5. The Morgan fingerprint density at radius 2 is 1.91 bits per heavy atom. The van der Waals surface area contributed by atoms with Crippen LogP contribution < -0.4 is 5.32 Å². The summed E-state index contributed by atoms with van der Waals surface area (Å²) in [5.74, 6) is -1.41. The molecule has 0 spiro atoms. The quantitative estimate of drug-likeness (QED) is 0.804. The minimum atomic E-state index is -1.43. The Kier molecular flexibility index (Phi) is 5.72. The first-order valence-corrected chi connectivity index (χ1v) is 7.68. The third-order valence-corrected chi connectivity index (χ3v) is 3.98. The first-order chi connectivity index (χ1) is 11.1. The molecule has 2 N–H and O–H groups in total. The van der Waals surface area contributed by atoms with Crippen LogP contribution in [-0.2, 0) is 14.3 Å². The van der Waals surface area contributed by atoms with Crippen molar-refractivity contribution < 1.29 is 19.4 Å². The largest absolute Gasteiger partial charge is 0.453 e.